The predicted octanol–water partition coefficient (Wildman–Crippen LogP) is 2.99. The summed E-state index contributed by atoms with van der Waals surface area (Å²) < 4.78 is 0. The molecule has 2 aromatic carbocycles. The van der Waals surface area contributed by atoms with Gasteiger partial charge in [0.05, 0.1) is 17.3 Å². The molecule has 0 spiro atoms. The van der Waals surface area contributed by atoms with Crippen molar-refractivity contribution < 1.29 is 14.4 Å². The lowest BCUT2D eigenvalue weighted by Crippen LogP contribution is -2.29. The van der Waals surface area contributed by atoms with E-state index in [1.807, 2.05) is 38.1 Å². The first kappa shape index (κ1) is 20.9. The highest BCUT2D eigenvalue weighted by Crippen LogP contribution is 2.33. The van der Waals surface area contributed by atoms with Crippen LogP contribution in [-0.2, 0) is 9.59 Å². The number of carbonyl (C=O) groups is 3. The van der Waals surface area contributed by atoms with Gasteiger partial charge in [0.1, 0.15) is 0 Å². The van der Waals surface area contributed by atoms with Crippen molar-refractivity contribution in [1.29, 1.82) is 0 Å². The Morgan fingerprint density at radius 1 is 1.06 bits per heavy atom. The first-order valence-corrected chi connectivity index (χ1v) is 10.7. The first-order valence-electron chi connectivity index (χ1n) is 10.7. The first-order chi connectivity index (χ1) is 14.8. The second kappa shape index (κ2) is 8.41. The monoisotopic (exact) mass is 420 g/mol. The van der Waals surface area contributed by atoms with Gasteiger partial charge >= 0.3 is 0 Å². The number of benzene rings is 2. The van der Waals surface area contributed by atoms with Crippen molar-refractivity contribution in [2.75, 3.05) is 34.8 Å². The molecule has 0 aromatic heterocycles. The number of hydrogen-bond donors (Lipinski definition) is 2. The van der Waals surface area contributed by atoms with Crippen LogP contribution in [0.1, 0.15) is 40.7 Å². The molecule has 2 saturated heterocycles. The largest absolute Gasteiger partial charge is 0.370 e. The maximum Gasteiger partial charge on any atom is 0.248 e. The van der Waals surface area contributed by atoms with E-state index < -0.39 is 11.8 Å². The number of rotatable bonds is 5. The van der Waals surface area contributed by atoms with Crippen LogP contribution in [0, 0.1) is 19.8 Å². The van der Waals surface area contributed by atoms with Gasteiger partial charge in [-0.25, -0.2) is 0 Å². The van der Waals surface area contributed by atoms with Crippen molar-refractivity contribution in [1.82, 2.24) is 0 Å². The van der Waals surface area contributed by atoms with Gasteiger partial charge in [0.15, 0.2) is 0 Å². The minimum Gasteiger partial charge on any atom is -0.370 e. The molecule has 7 nitrogen and oxygen atoms in total. The zero-order chi connectivity index (χ0) is 22.1. The molecule has 0 radical (unpaired) electrons. The van der Waals surface area contributed by atoms with Crippen molar-refractivity contribution in [3.63, 3.8) is 0 Å². The Morgan fingerprint density at radius 3 is 2.52 bits per heavy atom. The number of hydrogen-bond acceptors (Lipinski definition) is 4. The van der Waals surface area contributed by atoms with Crippen LogP contribution in [0.25, 0.3) is 0 Å². The quantitative estimate of drug-likeness (QED) is 0.777. The van der Waals surface area contributed by atoms with E-state index in [1.54, 1.807) is 17.0 Å². The molecule has 162 valence electrons. The summed E-state index contributed by atoms with van der Waals surface area (Å²) in [7, 11) is 0. The number of primary amides is 1. The van der Waals surface area contributed by atoms with Crippen LogP contribution in [0.5, 0.6) is 0 Å². The second-order valence-corrected chi connectivity index (χ2v) is 8.40. The Morgan fingerprint density at radius 2 is 1.81 bits per heavy atom. The summed E-state index contributed by atoms with van der Waals surface area (Å²) in [4.78, 5) is 41.4. The Labute approximate surface area is 182 Å². The lowest BCUT2D eigenvalue weighted by Gasteiger charge is -2.23. The molecule has 0 aliphatic carbocycles. The summed E-state index contributed by atoms with van der Waals surface area (Å²) in [6.45, 7) is 6.14. The number of aryl methyl sites for hydroxylation is 1. The standard InChI is InChI=1S/C24H28N4O3/c1-15-6-5-7-20(16(15)2)28-14-18(13-22(28)29)24(31)26-19-12-17(23(25)30)8-9-21(19)27-10-3-4-11-27/h5-9,12,18H,3-4,10-11,13-14H2,1-2H3,(H2,25,30)(H,26,31)/t18-/m0/s1. The maximum absolute atomic E-state index is 13.1. The van der Waals surface area contributed by atoms with Gasteiger partial charge in [0.25, 0.3) is 0 Å². The molecule has 3 N–H and O–H groups in total. The minimum absolute atomic E-state index is 0.0560. The van der Waals surface area contributed by atoms with Crippen molar-refractivity contribution in [3.05, 3.63) is 53.1 Å². The molecule has 2 heterocycles. The van der Waals surface area contributed by atoms with E-state index in [0.717, 1.165) is 48.4 Å². The van der Waals surface area contributed by atoms with Gasteiger partial charge in [-0.05, 0) is 62.1 Å². The van der Waals surface area contributed by atoms with Gasteiger partial charge in [-0.2, -0.15) is 0 Å². The third-order valence-corrected chi connectivity index (χ3v) is 6.35. The maximum atomic E-state index is 13.1. The Kier molecular flexibility index (Phi) is 5.67. The van der Waals surface area contributed by atoms with Crippen LogP contribution in [0.2, 0.25) is 0 Å². The number of carbonyl (C=O) groups excluding carboxylic acids is 3. The number of amides is 3. The van der Waals surface area contributed by atoms with Crippen molar-refractivity contribution in [3.8, 4) is 0 Å². The van der Waals surface area contributed by atoms with E-state index in [1.165, 1.54) is 0 Å². The van der Waals surface area contributed by atoms with E-state index in [4.69, 9.17) is 5.73 Å². The summed E-state index contributed by atoms with van der Waals surface area (Å²) in [5, 5.41) is 2.98. The fourth-order valence-corrected chi connectivity index (χ4v) is 4.40. The van der Waals surface area contributed by atoms with Gasteiger partial charge in [-0.3, -0.25) is 14.4 Å². The predicted molar refractivity (Wildman–Crippen MR) is 121 cm³/mol. The van der Waals surface area contributed by atoms with Crippen molar-refractivity contribution in [2.45, 2.75) is 33.1 Å². The van der Waals surface area contributed by atoms with Crippen molar-refractivity contribution >= 4 is 34.8 Å². The van der Waals surface area contributed by atoms with Crippen LogP contribution < -0.4 is 20.9 Å². The van der Waals surface area contributed by atoms with E-state index >= 15 is 0 Å². The average molecular weight is 421 g/mol. The molecule has 0 saturated carbocycles. The van der Waals surface area contributed by atoms with Gasteiger partial charge in [-0.15, -0.1) is 0 Å². The molecule has 7 heteroatoms. The molecule has 2 aliphatic rings. The number of anilines is 3. The summed E-state index contributed by atoms with van der Waals surface area (Å²) in [5.74, 6) is -1.28. The van der Waals surface area contributed by atoms with Crippen LogP contribution in [0.4, 0.5) is 17.1 Å². The summed E-state index contributed by atoms with van der Waals surface area (Å²) >= 11 is 0. The van der Waals surface area contributed by atoms with E-state index in [2.05, 4.69) is 10.2 Å². The zero-order valence-corrected chi connectivity index (χ0v) is 18.0. The molecule has 0 unspecified atom stereocenters. The number of nitrogens with zero attached hydrogens (tertiary/aromatic N) is 2. The minimum atomic E-state index is -0.541. The molecule has 3 amide bonds. The van der Waals surface area contributed by atoms with Crippen LogP contribution in [0.3, 0.4) is 0 Å². The van der Waals surface area contributed by atoms with Crippen LogP contribution in [0.15, 0.2) is 36.4 Å². The highest BCUT2D eigenvalue weighted by molar-refractivity contribution is 6.05. The topological polar surface area (TPSA) is 95.7 Å². The van der Waals surface area contributed by atoms with Gasteiger partial charge in [-0.1, -0.05) is 12.1 Å². The highest BCUT2D eigenvalue weighted by atomic mass is 16.2. The van der Waals surface area contributed by atoms with E-state index in [0.29, 0.717) is 17.8 Å². The fourth-order valence-electron chi connectivity index (χ4n) is 4.40. The Balaban J connectivity index is 1.55. The smallest absolute Gasteiger partial charge is 0.248 e. The third kappa shape index (κ3) is 4.13. The van der Waals surface area contributed by atoms with Crippen LogP contribution >= 0.6 is 0 Å². The Hall–Kier alpha value is -3.35. The van der Waals surface area contributed by atoms with Gasteiger partial charge in [0, 0.05) is 37.3 Å². The van der Waals surface area contributed by atoms with E-state index in [-0.39, 0.29) is 18.2 Å². The SMILES string of the molecule is Cc1cccc(N2C[C@@H](C(=O)Nc3cc(C(N)=O)ccc3N3CCCC3)CC2=O)c1C. The molecule has 2 fully saturated rings. The Bertz CT molecular complexity index is 1040. The van der Waals surface area contributed by atoms with Crippen LogP contribution in [-0.4, -0.2) is 37.4 Å². The highest BCUT2D eigenvalue weighted by Gasteiger charge is 2.36. The fraction of sp³-hybridized carbons (Fsp3) is 0.375. The summed E-state index contributed by atoms with van der Waals surface area (Å²) in [5.41, 5.74) is 10.3. The molecule has 1 atom stereocenters. The molecular formula is C24H28N4O3. The molecular weight excluding hydrogens is 392 g/mol. The van der Waals surface area contributed by atoms with Crippen molar-refractivity contribution in [2.24, 2.45) is 11.7 Å². The normalized spacial score (nSPS) is 18.5. The van der Waals surface area contributed by atoms with Gasteiger partial charge < -0.3 is 20.9 Å². The summed E-state index contributed by atoms with van der Waals surface area (Å²) in [6.07, 6.45) is 2.34. The average Bonchev–Trinajstić information content (AvgIpc) is 3.40. The molecule has 2 aliphatic heterocycles. The van der Waals surface area contributed by atoms with Gasteiger partial charge in [0.2, 0.25) is 17.7 Å². The third-order valence-electron chi connectivity index (χ3n) is 6.35. The lowest BCUT2D eigenvalue weighted by molar-refractivity contribution is -0.122. The molecule has 2 aromatic rings. The molecule has 0 bridgehead atoms. The summed E-state index contributed by atoms with van der Waals surface area (Å²) in [6, 6.07) is 11.0. The second-order valence-electron chi connectivity index (χ2n) is 8.40. The zero-order valence-electron chi connectivity index (χ0n) is 18.0. The number of nitrogens with one attached hydrogen (secondary N) is 1. The molecule has 4 rings (SSSR count). The number of nitrogens with two attached hydrogens (primary N) is 1. The molecule has 31 heavy (non-hydrogen) atoms. The lowest BCUT2D eigenvalue weighted by atomic mass is 10.1. The van der Waals surface area contributed by atoms with E-state index in [9.17, 15) is 14.4 Å².